The molecule has 0 spiro atoms. The molecule has 0 saturated heterocycles. The molecule has 5 nitrogen and oxygen atoms in total. The Morgan fingerprint density at radius 1 is 1.26 bits per heavy atom. The van der Waals surface area contributed by atoms with Crippen molar-refractivity contribution >= 4 is 11.7 Å². The first-order chi connectivity index (χ1) is 9.29. The fourth-order valence-corrected chi connectivity index (χ4v) is 1.45. The first-order valence-electron chi connectivity index (χ1n) is 5.68. The molecule has 0 unspecified atom stereocenters. The number of aromatic nitrogens is 1. The molecular formula is C14H12N4O. The highest BCUT2D eigenvalue weighted by Crippen LogP contribution is 2.13. The van der Waals surface area contributed by atoms with Crippen LogP contribution in [0, 0.1) is 18.4 Å². The Morgan fingerprint density at radius 2 is 2.05 bits per heavy atom. The van der Waals surface area contributed by atoms with Gasteiger partial charge in [-0.2, -0.15) is 5.26 Å². The second kappa shape index (κ2) is 6.17. The molecule has 2 rings (SSSR count). The van der Waals surface area contributed by atoms with Crippen LogP contribution in [-0.4, -0.2) is 11.0 Å². The largest absolute Gasteiger partial charge is 0.425 e. The Labute approximate surface area is 111 Å². The summed E-state index contributed by atoms with van der Waals surface area (Å²) in [7, 11) is 0. The number of benzene rings is 1. The molecule has 0 fully saturated rings. The van der Waals surface area contributed by atoms with Crippen LogP contribution in [0.25, 0.3) is 0 Å². The van der Waals surface area contributed by atoms with Crippen LogP contribution in [0.4, 0.5) is 5.69 Å². The van der Waals surface area contributed by atoms with Crippen LogP contribution >= 0.6 is 0 Å². The SMILES string of the molecule is Cc1ncccc1NC(=NC#N)Oc1ccccc1. The van der Waals surface area contributed by atoms with Crippen molar-refractivity contribution in [3.8, 4) is 11.9 Å². The van der Waals surface area contributed by atoms with Gasteiger partial charge >= 0.3 is 6.02 Å². The summed E-state index contributed by atoms with van der Waals surface area (Å²) in [5.41, 5.74) is 1.54. The zero-order valence-electron chi connectivity index (χ0n) is 10.4. The molecule has 1 N–H and O–H groups in total. The topological polar surface area (TPSA) is 70.3 Å². The number of aryl methyl sites for hydroxylation is 1. The van der Waals surface area contributed by atoms with E-state index in [1.165, 1.54) is 0 Å². The fraction of sp³-hybridized carbons (Fsp3) is 0.0714. The van der Waals surface area contributed by atoms with Crippen molar-refractivity contribution in [1.82, 2.24) is 4.98 Å². The molecule has 0 amide bonds. The summed E-state index contributed by atoms with van der Waals surface area (Å²) in [5.74, 6) is 0.602. The zero-order chi connectivity index (χ0) is 13.5. The minimum absolute atomic E-state index is 0.116. The van der Waals surface area contributed by atoms with Gasteiger partial charge in [0.15, 0.2) is 0 Å². The second-order valence-corrected chi connectivity index (χ2v) is 3.69. The quantitative estimate of drug-likeness (QED) is 0.507. The third-order valence-electron chi connectivity index (χ3n) is 2.36. The smallest absolute Gasteiger partial charge is 0.310 e. The standard InChI is InChI=1S/C14H12N4O/c1-11-13(8-5-9-16-11)18-14(17-10-15)19-12-6-3-2-4-7-12/h2-9H,1H3,(H,17,18). The van der Waals surface area contributed by atoms with Gasteiger partial charge in [-0.05, 0) is 31.2 Å². The van der Waals surface area contributed by atoms with Gasteiger partial charge in [0.25, 0.3) is 0 Å². The van der Waals surface area contributed by atoms with Gasteiger partial charge in [-0.25, -0.2) is 0 Å². The molecule has 0 radical (unpaired) electrons. The molecule has 19 heavy (non-hydrogen) atoms. The third kappa shape index (κ3) is 3.54. The van der Waals surface area contributed by atoms with E-state index in [-0.39, 0.29) is 6.02 Å². The van der Waals surface area contributed by atoms with Crippen LogP contribution in [-0.2, 0) is 0 Å². The van der Waals surface area contributed by atoms with Crippen molar-refractivity contribution in [2.45, 2.75) is 6.92 Å². The van der Waals surface area contributed by atoms with Crippen molar-refractivity contribution in [3.63, 3.8) is 0 Å². The molecule has 0 atom stereocenters. The molecule has 0 saturated carbocycles. The lowest BCUT2D eigenvalue weighted by molar-refractivity contribution is 0.549. The van der Waals surface area contributed by atoms with Gasteiger partial charge in [0.1, 0.15) is 5.75 Å². The van der Waals surface area contributed by atoms with Gasteiger partial charge < -0.3 is 10.1 Å². The zero-order valence-corrected chi connectivity index (χ0v) is 10.4. The number of hydrogen-bond acceptors (Lipinski definition) is 4. The van der Waals surface area contributed by atoms with Gasteiger partial charge in [0.2, 0.25) is 6.19 Å². The summed E-state index contributed by atoms with van der Waals surface area (Å²) in [6, 6.07) is 12.9. The van der Waals surface area contributed by atoms with E-state index >= 15 is 0 Å². The average molecular weight is 252 g/mol. The summed E-state index contributed by atoms with van der Waals surface area (Å²) in [5, 5.41) is 11.6. The Bertz CT molecular complexity index is 617. The number of nitriles is 1. The Kier molecular flexibility index (Phi) is 4.09. The molecule has 0 bridgehead atoms. The minimum atomic E-state index is 0.116. The highest BCUT2D eigenvalue weighted by Gasteiger charge is 2.05. The Balaban J connectivity index is 2.17. The molecule has 1 aromatic heterocycles. The number of amidine groups is 1. The first kappa shape index (κ1) is 12.6. The van der Waals surface area contributed by atoms with Crippen LogP contribution in [0.15, 0.2) is 53.7 Å². The maximum atomic E-state index is 8.69. The maximum Gasteiger partial charge on any atom is 0.310 e. The highest BCUT2D eigenvalue weighted by molar-refractivity contribution is 5.91. The van der Waals surface area contributed by atoms with Crippen molar-refractivity contribution in [2.24, 2.45) is 4.99 Å². The molecule has 1 aromatic carbocycles. The minimum Gasteiger partial charge on any atom is -0.425 e. The molecule has 1 heterocycles. The number of aliphatic imine (C=N–C) groups is 1. The van der Waals surface area contributed by atoms with Gasteiger partial charge in [0.05, 0.1) is 11.4 Å². The first-order valence-corrected chi connectivity index (χ1v) is 5.68. The van der Waals surface area contributed by atoms with E-state index in [2.05, 4.69) is 15.3 Å². The van der Waals surface area contributed by atoms with E-state index in [9.17, 15) is 0 Å². The lowest BCUT2D eigenvalue weighted by Gasteiger charge is -2.10. The second-order valence-electron chi connectivity index (χ2n) is 3.69. The number of anilines is 1. The average Bonchev–Trinajstić information content (AvgIpc) is 2.43. The number of hydrogen-bond donors (Lipinski definition) is 1. The number of rotatable bonds is 2. The number of pyridine rings is 1. The van der Waals surface area contributed by atoms with Crippen LogP contribution < -0.4 is 10.1 Å². The number of nitrogens with one attached hydrogen (secondary N) is 1. The Hall–Kier alpha value is -2.87. The number of para-hydroxylation sites is 1. The predicted octanol–water partition coefficient (Wildman–Crippen LogP) is 2.72. The molecule has 0 aliphatic rings. The van der Waals surface area contributed by atoms with E-state index in [0.29, 0.717) is 5.75 Å². The monoisotopic (exact) mass is 252 g/mol. The van der Waals surface area contributed by atoms with Crippen LogP contribution in [0.2, 0.25) is 0 Å². The van der Waals surface area contributed by atoms with E-state index in [1.54, 1.807) is 30.6 Å². The molecule has 94 valence electrons. The van der Waals surface area contributed by atoms with E-state index in [0.717, 1.165) is 11.4 Å². The van der Waals surface area contributed by atoms with Gasteiger partial charge in [-0.15, -0.1) is 4.99 Å². The van der Waals surface area contributed by atoms with Gasteiger partial charge in [-0.1, -0.05) is 18.2 Å². The van der Waals surface area contributed by atoms with Gasteiger partial charge in [0, 0.05) is 6.20 Å². The summed E-state index contributed by atoms with van der Waals surface area (Å²) in [6.07, 6.45) is 3.40. The maximum absolute atomic E-state index is 8.69. The summed E-state index contributed by atoms with van der Waals surface area (Å²) >= 11 is 0. The molecule has 0 aliphatic heterocycles. The lowest BCUT2D eigenvalue weighted by atomic mass is 10.3. The Morgan fingerprint density at radius 3 is 2.74 bits per heavy atom. The summed E-state index contributed by atoms with van der Waals surface area (Å²) in [6.45, 7) is 1.86. The molecule has 5 heteroatoms. The molecule has 2 aromatic rings. The van der Waals surface area contributed by atoms with E-state index in [1.807, 2.05) is 31.2 Å². The normalized spacial score (nSPS) is 10.6. The lowest BCUT2D eigenvalue weighted by Crippen LogP contribution is -2.20. The molecule has 0 aliphatic carbocycles. The van der Waals surface area contributed by atoms with E-state index in [4.69, 9.17) is 10.00 Å². The number of ether oxygens (including phenoxy) is 1. The fourth-order valence-electron chi connectivity index (χ4n) is 1.45. The van der Waals surface area contributed by atoms with Gasteiger partial charge in [-0.3, -0.25) is 4.98 Å². The van der Waals surface area contributed by atoms with Crippen molar-refractivity contribution in [3.05, 3.63) is 54.4 Å². The van der Waals surface area contributed by atoms with Crippen molar-refractivity contribution in [1.29, 1.82) is 5.26 Å². The van der Waals surface area contributed by atoms with Crippen LogP contribution in [0.1, 0.15) is 5.69 Å². The third-order valence-corrected chi connectivity index (χ3v) is 2.36. The summed E-state index contributed by atoms with van der Waals surface area (Å²) < 4.78 is 5.50. The van der Waals surface area contributed by atoms with Crippen LogP contribution in [0.3, 0.4) is 0 Å². The van der Waals surface area contributed by atoms with E-state index < -0.39 is 0 Å². The number of nitrogens with zero attached hydrogens (tertiary/aromatic N) is 3. The molecular weight excluding hydrogens is 240 g/mol. The van der Waals surface area contributed by atoms with Crippen LogP contribution in [0.5, 0.6) is 5.75 Å². The summed E-state index contributed by atoms with van der Waals surface area (Å²) in [4.78, 5) is 7.76. The highest BCUT2D eigenvalue weighted by atomic mass is 16.5. The predicted molar refractivity (Wildman–Crippen MR) is 72.7 cm³/mol. The van der Waals surface area contributed by atoms with Crippen molar-refractivity contribution < 1.29 is 4.74 Å². The van der Waals surface area contributed by atoms with Crippen molar-refractivity contribution in [2.75, 3.05) is 5.32 Å².